The number of hydrogen-bond donors (Lipinski definition) is 2. The lowest BCUT2D eigenvalue weighted by molar-refractivity contribution is 0.0728. The Bertz CT molecular complexity index is 1110. The Hall–Kier alpha value is -3.83. The molecule has 0 unspecified atom stereocenters. The summed E-state index contributed by atoms with van der Waals surface area (Å²) in [5.41, 5.74) is 12.6. The number of nitrogens with zero attached hydrogens (tertiary/aromatic N) is 3. The molecule has 0 aliphatic heterocycles. The van der Waals surface area contributed by atoms with Crippen molar-refractivity contribution in [1.82, 2.24) is 9.97 Å². The Morgan fingerprint density at radius 2 is 1.86 bits per heavy atom. The quantitative estimate of drug-likeness (QED) is 0.482. The summed E-state index contributed by atoms with van der Waals surface area (Å²) in [5.74, 6) is -0.140. The number of carbonyl (C=O) groups excluding carboxylic acids is 1. The van der Waals surface area contributed by atoms with Gasteiger partial charge in [-0.3, -0.25) is 0 Å². The normalized spacial score (nSPS) is 10.2. The number of aromatic nitrogens is 2. The summed E-state index contributed by atoms with van der Waals surface area (Å²) in [6.45, 7) is 2.12. The van der Waals surface area contributed by atoms with Crippen molar-refractivity contribution in [2.75, 3.05) is 18.1 Å². The smallest absolute Gasteiger partial charge is 0.343 e. The van der Waals surface area contributed by atoms with E-state index in [2.05, 4.69) is 9.97 Å². The van der Waals surface area contributed by atoms with Crippen molar-refractivity contribution < 1.29 is 14.3 Å². The first-order chi connectivity index (χ1) is 13.9. The zero-order valence-electron chi connectivity index (χ0n) is 15.3. The molecule has 3 aromatic rings. The number of benzene rings is 2. The highest BCUT2D eigenvalue weighted by atomic mass is 35.5. The lowest BCUT2D eigenvalue weighted by Gasteiger charge is -2.13. The van der Waals surface area contributed by atoms with Crippen LogP contribution < -0.4 is 20.9 Å². The molecule has 3 rings (SSSR count). The van der Waals surface area contributed by atoms with E-state index in [0.29, 0.717) is 28.5 Å². The molecule has 0 amide bonds. The number of carbonyl (C=O) groups is 1. The standard InChI is InChI=1S/C20H16ClN5O3/c1-2-28-16-9-12(17-14(10-22)18(23)26-20(24)25-17)5-8-15(16)29-19(27)11-3-6-13(21)7-4-11/h3-9H,2H2,1H3,(H4,23,24,25,26). The monoisotopic (exact) mass is 409 g/mol. The van der Waals surface area contributed by atoms with Gasteiger partial charge in [0.1, 0.15) is 17.5 Å². The van der Waals surface area contributed by atoms with Crippen LogP contribution in [0.25, 0.3) is 11.3 Å². The van der Waals surface area contributed by atoms with E-state index < -0.39 is 5.97 Å². The second kappa shape index (κ2) is 8.46. The molecule has 2 aromatic carbocycles. The maximum absolute atomic E-state index is 12.4. The summed E-state index contributed by atoms with van der Waals surface area (Å²) in [6.07, 6.45) is 0. The number of ether oxygens (including phenoxy) is 2. The Kier molecular flexibility index (Phi) is 5.81. The molecule has 0 bridgehead atoms. The summed E-state index contributed by atoms with van der Waals surface area (Å²) in [4.78, 5) is 20.3. The molecule has 0 atom stereocenters. The molecule has 0 aliphatic rings. The van der Waals surface area contributed by atoms with Crippen molar-refractivity contribution in [3.05, 3.63) is 58.6 Å². The first-order valence-electron chi connectivity index (χ1n) is 8.51. The predicted octanol–water partition coefficient (Wildman–Crippen LogP) is 3.45. The van der Waals surface area contributed by atoms with Crippen LogP contribution in [0.1, 0.15) is 22.8 Å². The van der Waals surface area contributed by atoms with Gasteiger partial charge in [0.2, 0.25) is 5.95 Å². The Labute approximate surface area is 171 Å². The maximum Gasteiger partial charge on any atom is 0.343 e. The zero-order chi connectivity index (χ0) is 21.0. The van der Waals surface area contributed by atoms with E-state index in [1.165, 1.54) is 0 Å². The molecule has 4 N–H and O–H groups in total. The molecule has 146 valence electrons. The van der Waals surface area contributed by atoms with E-state index in [1.54, 1.807) is 49.4 Å². The zero-order valence-corrected chi connectivity index (χ0v) is 16.1. The molecule has 0 saturated carbocycles. The maximum atomic E-state index is 12.4. The van der Waals surface area contributed by atoms with E-state index in [0.717, 1.165) is 0 Å². The second-order valence-electron chi connectivity index (χ2n) is 5.79. The van der Waals surface area contributed by atoms with Crippen LogP contribution in [0.4, 0.5) is 11.8 Å². The predicted molar refractivity (Wildman–Crippen MR) is 109 cm³/mol. The van der Waals surface area contributed by atoms with Crippen LogP contribution in [0, 0.1) is 11.3 Å². The number of esters is 1. The van der Waals surface area contributed by atoms with Gasteiger partial charge in [0.25, 0.3) is 0 Å². The topological polar surface area (TPSA) is 137 Å². The number of nitrogens with two attached hydrogens (primary N) is 2. The highest BCUT2D eigenvalue weighted by molar-refractivity contribution is 6.30. The Morgan fingerprint density at radius 3 is 2.52 bits per heavy atom. The van der Waals surface area contributed by atoms with E-state index >= 15 is 0 Å². The molecule has 0 saturated heterocycles. The van der Waals surface area contributed by atoms with Crippen LogP contribution in [0.5, 0.6) is 11.5 Å². The molecular weight excluding hydrogens is 394 g/mol. The van der Waals surface area contributed by atoms with Crippen molar-refractivity contribution in [3.8, 4) is 28.8 Å². The highest BCUT2D eigenvalue weighted by Crippen LogP contribution is 2.35. The molecular formula is C20H16ClN5O3. The fraction of sp³-hybridized carbons (Fsp3) is 0.100. The lowest BCUT2D eigenvalue weighted by Crippen LogP contribution is -2.10. The average Bonchev–Trinajstić information content (AvgIpc) is 2.69. The van der Waals surface area contributed by atoms with Crippen LogP contribution in [0.15, 0.2) is 42.5 Å². The first kappa shape index (κ1) is 19.9. The van der Waals surface area contributed by atoms with Gasteiger partial charge in [-0.25, -0.2) is 9.78 Å². The molecule has 1 heterocycles. The minimum atomic E-state index is -0.566. The minimum Gasteiger partial charge on any atom is -0.490 e. The van der Waals surface area contributed by atoms with E-state index in [-0.39, 0.29) is 28.8 Å². The van der Waals surface area contributed by atoms with Gasteiger partial charge in [-0.05, 0) is 49.4 Å². The average molecular weight is 410 g/mol. The lowest BCUT2D eigenvalue weighted by atomic mass is 10.1. The third kappa shape index (κ3) is 4.36. The van der Waals surface area contributed by atoms with Gasteiger partial charge < -0.3 is 20.9 Å². The number of nitriles is 1. The van der Waals surface area contributed by atoms with Gasteiger partial charge in [-0.15, -0.1) is 0 Å². The summed E-state index contributed by atoms with van der Waals surface area (Å²) in [5, 5.41) is 9.89. The van der Waals surface area contributed by atoms with Gasteiger partial charge in [0.05, 0.1) is 17.9 Å². The third-order valence-corrected chi connectivity index (χ3v) is 4.12. The van der Waals surface area contributed by atoms with Gasteiger partial charge >= 0.3 is 5.97 Å². The van der Waals surface area contributed by atoms with E-state index in [4.69, 9.17) is 32.5 Å². The van der Waals surface area contributed by atoms with Crippen molar-refractivity contribution >= 4 is 29.3 Å². The van der Waals surface area contributed by atoms with E-state index in [9.17, 15) is 10.1 Å². The second-order valence-corrected chi connectivity index (χ2v) is 6.23. The number of anilines is 2. The summed E-state index contributed by atoms with van der Waals surface area (Å²) >= 11 is 5.84. The summed E-state index contributed by atoms with van der Waals surface area (Å²) in [7, 11) is 0. The molecule has 0 fully saturated rings. The molecule has 29 heavy (non-hydrogen) atoms. The summed E-state index contributed by atoms with van der Waals surface area (Å²) < 4.78 is 11.1. The molecule has 0 radical (unpaired) electrons. The van der Waals surface area contributed by atoms with Crippen molar-refractivity contribution in [2.24, 2.45) is 0 Å². The Balaban J connectivity index is 1.99. The largest absolute Gasteiger partial charge is 0.490 e. The summed E-state index contributed by atoms with van der Waals surface area (Å²) in [6, 6.07) is 13.0. The van der Waals surface area contributed by atoms with Crippen LogP contribution in [-0.4, -0.2) is 22.5 Å². The third-order valence-electron chi connectivity index (χ3n) is 3.87. The van der Waals surface area contributed by atoms with Crippen molar-refractivity contribution in [2.45, 2.75) is 6.92 Å². The van der Waals surface area contributed by atoms with Crippen LogP contribution in [0.3, 0.4) is 0 Å². The highest BCUT2D eigenvalue weighted by Gasteiger charge is 2.18. The number of hydrogen-bond acceptors (Lipinski definition) is 8. The molecule has 9 heteroatoms. The molecule has 8 nitrogen and oxygen atoms in total. The molecule has 0 spiro atoms. The molecule has 1 aromatic heterocycles. The van der Waals surface area contributed by atoms with Gasteiger partial charge in [0.15, 0.2) is 11.5 Å². The van der Waals surface area contributed by atoms with Gasteiger partial charge in [-0.1, -0.05) is 11.6 Å². The van der Waals surface area contributed by atoms with Crippen LogP contribution in [0.2, 0.25) is 5.02 Å². The van der Waals surface area contributed by atoms with Gasteiger partial charge in [0, 0.05) is 10.6 Å². The van der Waals surface area contributed by atoms with Crippen molar-refractivity contribution in [3.63, 3.8) is 0 Å². The minimum absolute atomic E-state index is 0.0220. The number of rotatable bonds is 5. The fourth-order valence-corrected chi connectivity index (χ4v) is 2.69. The fourth-order valence-electron chi connectivity index (χ4n) is 2.57. The number of halogens is 1. The molecule has 0 aliphatic carbocycles. The first-order valence-corrected chi connectivity index (χ1v) is 8.88. The van der Waals surface area contributed by atoms with Gasteiger partial charge in [-0.2, -0.15) is 10.2 Å². The van der Waals surface area contributed by atoms with Crippen molar-refractivity contribution in [1.29, 1.82) is 5.26 Å². The SMILES string of the molecule is CCOc1cc(-c2nc(N)nc(N)c2C#N)ccc1OC(=O)c1ccc(Cl)cc1. The Morgan fingerprint density at radius 1 is 1.14 bits per heavy atom. The van der Waals surface area contributed by atoms with Crippen LogP contribution >= 0.6 is 11.6 Å². The van der Waals surface area contributed by atoms with E-state index in [1.807, 2.05) is 6.07 Å². The van der Waals surface area contributed by atoms with Crippen LogP contribution in [-0.2, 0) is 0 Å². The number of nitrogen functional groups attached to an aromatic ring is 2.